The SMILES string of the molecule is CCn1c(=O)[nH]/c(=N\c2ccc(Oc3ccc(NC(=O)NC)nc3)cc2)n(Cc2ccc(Cl)cc2)c1=O. The lowest BCUT2D eigenvalue weighted by molar-refractivity contribution is 0.254. The first kappa shape index (κ1) is 25.5. The van der Waals surface area contributed by atoms with Crippen molar-refractivity contribution < 1.29 is 9.53 Å². The van der Waals surface area contributed by atoms with E-state index in [1.807, 2.05) is 12.1 Å². The predicted octanol–water partition coefficient (Wildman–Crippen LogP) is 3.23. The number of hydrogen-bond acceptors (Lipinski definition) is 6. The van der Waals surface area contributed by atoms with E-state index < -0.39 is 11.4 Å². The number of aromatic nitrogens is 4. The van der Waals surface area contributed by atoms with Crippen LogP contribution in [-0.2, 0) is 13.1 Å². The number of carbonyl (C=O) groups excluding carboxylic acids is 1. The fourth-order valence-corrected chi connectivity index (χ4v) is 3.50. The van der Waals surface area contributed by atoms with Crippen molar-refractivity contribution in [3.63, 3.8) is 0 Å². The van der Waals surface area contributed by atoms with Crippen LogP contribution in [0.15, 0.2) is 81.4 Å². The zero-order chi connectivity index (χ0) is 26.4. The molecular weight excluding hydrogens is 498 g/mol. The number of rotatable bonds is 7. The van der Waals surface area contributed by atoms with Crippen molar-refractivity contribution >= 4 is 29.1 Å². The molecule has 0 radical (unpaired) electrons. The van der Waals surface area contributed by atoms with E-state index in [9.17, 15) is 14.4 Å². The second-order valence-corrected chi connectivity index (χ2v) is 8.22. The molecule has 0 aliphatic carbocycles. The maximum atomic E-state index is 13.0. The molecule has 0 fully saturated rings. The van der Waals surface area contributed by atoms with Crippen LogP contribution in [0.25, 0.3) is 0 Å². The van der Waals surface area contributed by atoms with E-state index in [1.54, 1.807) is 55.5 Å². The van der Waals surface area contributed by atoms with Gasteiger partial charge in [0.25, 0.3) is 0 Å². The number of nitrogens with zero attached hydrogens (tertiary/aromatic N) is 4. The zero-order valence-corrected chi connectivity index (χ0v) is 20.8. The number of pyridine rings is 1. The molecule has 2 aromatic carbocycles. The number of carbonyl (C=O) groups is 1. The van der Waals surface area contributed by atoms with Crippen LogP contribution >= 0.6 is 11.6 Å². The van der Waals surface area contributed by atoms with Gasteiger partial charge in [0.15, 0.2) is 0 Å². The average molecular weight is 522 g/mol. The van der Waals surface area contributed by atoms with E-state index in [2.05, 4.69) is 25.6 Å². The second kappa shape index (κ2) is 11.4. The van der Waals surface area contributed by atoms with Crippen LogP contribution in [0.5, 0.6) is 11.5 Å². The molecule has 2 aromatic heterocycles. The molecule has 12 heteroatoms. The molecule has 190 valence electrons. The van der Waals surface area contributed by atoms with Gasteiger partial charge < -0.3 is 10.1 Å². The highest BCUT2D eigenvalue weighted by Crippen LogP contribution is 2.24. The number of H-pyrrole nitrogens is 1. The maximum Gasteiger partial charge on any atom is 0.335 e. The molecule has 3 N–H and O–H groups in total. The van der Waals surface area contributed by atoms with Crippen molar-refractivity contribution in [1.82, 2.24) is 24.4 Å². The number of urea groups is 1. The summed E-state index contributed by atoms with van der Waals surface area (Å²) in [5.41, 5.74) is 0.435. The molecule has 0 saturated carbocycles. The van der Waals surface area contributed by atoms with Gasteiger partial charge in [0.1, 0.15) is 17.3 Å². The van der Waals surface area contributed by atoms with Gasteiger partial charge >= 0.3 is 17.4 Å². The largest absolute Gasteiger partial charge is 0.456 e. The molecule has 2 heterocycles. The van der Waals surface area contributed by atoms with Gasteiger partial charge in [-0.2, -0.15) is 0 Å². The molecular formula is C25H24ClN7O4. The topological polar surface area (TPSA) is 135 Å². The Hall–Kier alpha value is -4.64. The Morgan fingerprint density at radius 3 is 2.35 bits per heavy atom. The first-order valence-electron chi connectivity index (χ1n) is 11.3. The van der Waals surface area contributed by atoms with Crippen molar-refractivity contribution in [1.29, 1.82) is 0 Å². The Labute approximate surface area is 216 Å². The number of nitrogens with one attached hydrogen (secondary N) is 3. The Morgan fingerprint density at radius 2 is 1.73 bits per heavy atom. The number of ether oxygens (including phenoxy) is 1. The van der Waals surface area contributed by atoms with Gasteiger partial charge in [0, 0.05) is 18.6 Å². The highest BCUT2D eigenvalue weighted by atomic mass is 35.5. The first-order chi connectivity index (χ1) is 17.9. The summed E-state index contributed by atoms with van der Waals surface area (Å²) in [7, 11) is 1.51. The lowest BCUT2D eigenvalue weighted by Crippen LogP contribution is -2.49. The van der Waals surface area contributed by atoms with Crippen LogP contribution in [0, 0.1) is 0 Å². The Morgan fingerprint density at radius 1 is 1.03 bits per heavy atom. The predicted molar refractivity (Wildman–Crippen MR) is 140 cm³/mol. The fraction of sp³-hybridized carbons (Fsp3) is 0.160. The average Bonchev–Trinajstić information content (AvgIpc) is 2.90. The summed E-state index contributed by atoms with van der Waals surface area (Å²) >= 11 is 5.98. The molecule has 4 aromatic rings. The van der Waals surface area contributed by atoms with E-state index in [4.69, 9.17) is 16.3 Å². The second-order valence-electron chi connectivity index (χ2n) is 7.78. The summed E-state index contributed by atoms with van der Waals surface area (Å²) in [6, 6.07) is 16.8. The van der Waals surface area contributed by atoms with Gasteiger partial charge in [-0.1, -0.05) is 23.7 Å². The molecule has 0 saturated heterocycles. The highest BCUT2D eigenvalue weighted by molar-refractivity contribution is 6.30. The van der Waals surface area contributed by atoms with E-state index in [0.29, 0.717) is 28.0 Å². The summed E-state index contributed by atoms with van der Waals surface area (Å²) in [6.45, 7) is 2.14. The van der Waals surface area contributed by atoms with Crippen molar-refractivity contribution in [2.75, 3.05) is 12.4 Å². The number of aromatic amines is 1. The minimum atomic E-state index is -0.541. The van der Waals surface area contributed by atoms with E-state index >= 15 is 0 Å². The molecule has 2 amide bonds. The molecule has 11 nitrogen and oxygen atoms in total. The van der Waals surface area contributed by atoms with Crippen molar-refractivity contribution in [3.8, 4) is 11.5 Å². The van der Waals surface area contributed by atoms with Crippen LogP contribution in [-0.4, -0.2) is 32.2 Å². The van der Waals surface area contributed by atoms with E-state index in [1.165, 1.54) is 17.8 Å². The smallest absolute Gasteiger partial charge is 0.335 e. The zero-order valence-electron chi connectivity index (χ0n) is 20.1. The number of halogens is 1. The number of hydrogen-bond donors (Lipinski definition) is 3. The Kier molecular flexibility index (Phi) is 7.84. The lowest BCUT2D eigenvalue weighted by Gasteiger charge is -2.10. The summed E-state index contributed by atoms with van der Waals surface area (Å²) in [5.74, 6) is 1.38. The monoisotopic (exact) mass is 521 g/mol. The van der Waals surface area contributed by atoms with Crippen molar-refractivity contribution in [2.45, 2.75) is 20.0 Å². The number of benzene rings is 2. The summed E-state index contributed by atoms with van der Waals surface area (Å²) < 4.78 is 8.30. The standard InChI is InChI=1S/C25H24ClN7O4/c1-3-32-24(35)31-22(33(25(32)36)15-16-4-6-17(26)7-5-16)29-18-8-10-19(11-9-18)37-20-12-13-21(28-14-20)30-23(34)27-2/h4-14H,3,15H2,1-2H3,(H,29,31,35)(H2,27,28,30,34). The fourth-order valence-electron chi connectivity index (χ4n) is 3.38. The van der Waals surface area contributed by atoms with Gasteiger partial charge in [0.05, 0.1) is 18.4 Å². The van der Waals surface area contributed by atoms with E-state index in [-0.39, 0.29) is 24.7 Å². The van der Waals surface area contributed by atoms with Gasteiger partial charge in [-0.25, -0.2) is 28.9 Å². The molecule has 37 heavy (non-hydrogen) atoms. The quantitative estimate of drug-likeness (QED) is 0.343. The summed E-state index contributed by atoms with van der Waals surface area (Å²) in [4.78, 5) is 48.2. The Bertz CT molecular complexity index is 1570. The molecule has 0 aliphatic rings. The molecule has 0 aliphatic heterocycles. The van der Waals surface area contributed by atoms with Gasteiger partial charge in [0.2, 0.25) is 5.62 Å². The minimum Gasteiger partial charge on any atom is -0.456 e. The Balaban J connectivity index is 1.60. The third kappa shape index (κ3) is 6.33. The van der Waals surface area contributed by atoms with Gasteiger partial charge in [-0.15, -0.1) is 0 Å². The maximum absolute atomic E-state index is 13.0. The third-order valence-corrected chi connectivity index (χ3v) is 5.52. The van der Waals surface area contributed by atoms with Crippen LogP contribution in [0.2, 0.25) is 5.02 Å². The lowest BCUT2D eigenvalue weighted by atomic mass is 10.2. The van der Waals surface area contributed by atoms with Crippen LogP contribution in [0.3, 0.4) is 0 Å². The normalized spacial score (nSPS) is 11.3. The third-order valence-electron chi connectivity index (χ3n) is 5.26. The molecule has 0 bridgehead atoms. The van der Waals surface area contributed by atoms with Gasteiger partial charge in [-0.05, 0) is 61.0 Å². The molecule has 4 rings (SSSR count). The first-order valence-corrected chi connectivity index (χ1v) is 11.7. The number of amides is 2. The molecule has 0 atom stereocenters. The molecule has 0 spiro atoms. The number of anilines is 1. The minimum absolute atomic E-state index is 0.117. The van der Waals surface area contributed by atoms with Crippen LogP contribution < -0.4 is 32.4 Å². The van der Waals surface area contributed by atoms with Crippen molar-refractivity contribution in [3.05, 3.63) is 104 Å². The van der Waals surface area contributed by atoms with E-state index in [0.717, 1.165) is 10.1 Å². The van der Waals surface area contributed by atoms with Gasteiger partial charge in [-0.3, -0.25) is 14.9 Å². The highest BCUT2D eigenvalue weighted by Gasteiger charge is 2.09. The van der Waals surface area contributed by atoms with Crippen molar-refractivity contribution in [2.24, 2.45) is 4.99 Å². The summed E-state index contributed by atoms with van der Waals surface area (Å²) in [5, 5.41) is 5.59. The van der Waals surface area contributed by atoms with Crippen LogP contribution in [0.4, 0.5) is 16.3 Å². The molecule has 0 unspecified atom stereocenters. The summed E-state index contributed by atoms with van der Waals surface area (Å²) in [6.07, 6.45) is 1.48. The van der Waals surface area contributed by atoms with Crippen LogP contribution in [0.1, 0.15) is 12.5 Å².